The second-order valence-electron chi connectivity index (χ2n) is 7.11. The number of benzene rings is 2. The second kappa shape index (κ2) is 9.80. The van der Waals surface area contributed by atoms with Crippen molar-refractivity contribution in [2.45, 2.75) is 16.0 Å². The van der Waals surface area contributed by atoms with Crippen LogP contribution in [0.5, 0.6) is 0 Å². The van der Waals surface area contributed by atoms with Gasteiger partial charge < -0.3 is 16.0 Å². The van der Waals surface area contributed by atoms with E-state index in [1.54, 1.807) is 0 Å². The van der Waals surface area contributed by atoms with E-state index >= 15 is 0 Å². The number of rotatable bonds is 7. The SMILES string of the molecule is CSC(F)(F)C(=O)Nc1c(F)ccc(NC(=O)c2cc(NC(=O)C3CC3(Cl)Cl)ccc2Cl)c1F. The average molecular weight is 559 g/mol. The lowest BCUT2D eigenvalue weighted by molar-refractivity contribution is -0.129. The summed E-state index contributed by atoms with van der Waals surface area (Å²) in [6, 6.07) is 5.40. The van der Waals surface area contributed by atoms with Gasteiger partial charge in [0.1, 0.15) is 15.8 Å². The van der Waals surface area contributed by atoms with Crippen molar-refractivity contribution in [3.8, 4) is 0 Å². The zero-order valence-corrected chi connectivity index (χ0v) is 20.0. The van der Waals surface area contributed by atoms with Crippen LogP contribution in [0.3, 0.4) is 0 Å². The molecule has 0 spiro atoms. The summed E-state index contributed by atoms with van der Waals surface area (Å²) in [6.45, 7) is 0. The molecule has 2 aromatic carbocycles. The largest absolute Gasteiger partial charge is 0.370 e. The van der Waals surface area contributed by atoms with Crippen LogP contribution in [0.15, 0.2) is 30.3 Å². The van der Waals surface area contributed by atoms with Crippen LogP contribution in [0, 0.1) is 17.6 Å². The van der Waals surface area contributed by atoms with Crippen LogP contribution < -0.4 is 16.0 Å². The van der Waals surface area contributed by atoms with Gasteiger partial charge in [0.15, 0.2) is 5.82 Å². The number of carbonyl (C=O) groups is 3. The third-order valence-corrected chi connectivity index (χ3v) is 6.58. The zero-order chi connectivity index (χ0) is 25.4. The number of hydrogen-bond donors (Lipinski definition) is 3. The lowest BCUT2D eigenvalue weighted by atomic mass is 10.1. The lowest BCUT2D eigenvalue weighted by Gasteiger charge is -2.16. The molecule has 6 nitrogen and oxygen atoms in total. The van der Waals surface area contributed by atoms with E-state index in [-0.39, 0.29) is 34.5 Å². The summed E-state index contributed by atoms with van der Waals surface area (Å²) < 4.78 is 54.5. The third kappa shape index (κ3) is 5.70. The molecule has 14 heteroatoms. The fraction of sp³-hybridized carbons (Fsp3) is 0.250. The lowest BCUT2D eigenvalue weighted by Crippen LogP contribution is -2.32. The number of anilines is 3. The molecule has 0 saturated heterocycles. The summed E-state index contributed by atoms with van der Waals surface area (Å²) in [5, 5.41) is 2.12. The molecule has 1 aliphatic rings. The van der Waals surface area contributed by atoms with Gasteiger partial charge in [0.05, 0.1) is 22.2 Å². The Balaban J connectivity index is 1.80. The molecule has 0 radical (unpaired) electrons. The van der Waals surface area contributed by atoms with Gasteiger partial charge in [0.2, 0.25) is 5.91 Å². The highest BCUT2D eigenvalue weighted by molar-refractivity contribution is 8.00. The Hall–Kier alpha value is -2.21. The molecule has 3 amide bonds. The summed E-state index contributed by atoms with van der Waals surface area (Å²) in [6.07, 6.45) is 1.20. The van der Waals surface area contributed by atoms with Crippen molar-refractivity contribution in [2.24, 2.45) is 5.92 Å². The Morgan fingerprint density at radius 2 is 1.74 bits per heavy atom. The van der Waals surface area contributed by atoms with Gasteiger partial charge in [-0.2, -0.15) is 8.78 Å². The molecule has 1 aliphatic carbocycles. The first-order chi connectivity index (χ1) is 15.8. The van der Waals surface area contributed by atoms with Crippen LogP contribution >= 0.6 is 46.6 Å². The van der Waals surface area contributed by atoms with E-state index in [9.17, 15) is 31.9 Å². The number of carbonyl (C=O) groups excluding carboxylic acids is 3. The second-order valence-corrected chi connectivity index (χ2v) is 9.99. The minimum atomic E-state index is -3.94. The molecule has 3 N–H and O–H groups in total. The molecular formula is C20H14Cl3F4N3O3S. The molecular weight excluding hydrogens is 545 g/mol. The smallest absolute Gasteiger partial charge is 0.326 e. The Kier molecular flexibility index (Phi) is 7.61. The molecule has 1 saturated carbocycles. The van der Waals surface area contributed by atoms with Crippen LogP contribution in [0.25, 0.3) is 0 Å². The summed E-state index contributed by atoms with van der Waals surface area (Å²) in [5.74, 6) is -6.85. The molecule has 0 heterocycles. The van der Waals surface area contributed by atoms with Crippen molar-refractivity contribution in [3.05, 3.63) is 52.6 Å². The highest BCUT2D eigenvalue weighted by Crippen LogP contribution is 2.53. The van der Waals surface area contributed by atoms with Crippen LogP contribution in [-0.4, -0.2) is 33.6 Å². The van der Waals surface area contributed by atoms with Gasteiger partial charge in [0, 0.05) is 5.69 Å². The number of alkyl halides is 4. The van der Waals surface area contributed by atoms with Crippen LogP contribution in [0.2, 0.25) is 5.02 Å². The first-order valence-electron chi connectivity index (χ1n) is 9.29. The van der Waals surface area contributed by atoms with Gasteiger partial charge in [0.25, 0.3) is 5.91 Å². The van der Waals surface area contributed by atoms with E-state index in [2.05, 4.69) is 10.6 Å². The highest BCUT2D eigenvalue weighted by Gasteiger charge is 2.56. The minimum absolute atomic E-state index is 0.0680. The topological polar surface area (TPSA) is 87.3 Å². The Morgan fingerprint density at radius 1 is 1.09 bits per heavy atom. The molecule has 1 unspecified atom stereocenters. The van der Waals surface area contributed by atoms with Crippen molar-refractivity contribution in [2.75, 3.05) is 22.2 Å². The van der Waals surface area contributed by atoms with Gasteiger partial charge in [-0.1, -0.05) is 23.4 Å². The summed E-state index contributed by atoms with van der Waals surface area (Å²) >= 11 is 17.6. The van der Waals surface area contributed by atoms with E-state index in [0.717, 1.165) is 12.3 Å². The third-order valence-electron chi connectivity index (χ3n) is 4.72. The number of halogens is 7. The maximum atomic E-state index is 14.7. The number of nitrogens with one attached hydrogen (secondary N) is 3. The molecule has 1 atom stereocenters. The van der Waals surface area contributed by atoms with Crippen LogP contribution in [0.4, 0.5) is 34.6 Å². The van der Waals surface area contributed by atoms with Crippen molar-refractivity contribution in [3.63, 3.8) is 0 Å². The molecule has 1 fully saturated rings. The first kappa shape index (κ1) is 26.4. The molecule has 2 aromatic rings. The van der Waals surface area contributed by atoms with Crippen molar-refractivity contribution in [1.29, 1.82) is 0 Å². The predicted molar refractivity (Wildman–Crippen MR) is 124 cm³/mol. The zero-order valence-electron chi connectivity index (χ0n) is 16.9. The minimum Gasteiger partial charge on any atom is -0.326 e. The summed E-state index contributed by atoms with van der Waals surface area (Å²) in [5.41, 5.74) is -1.81. The summed E-state index contributed by atoms with van der Waals surface area (Å²) in [7, 11) is 0. The van der Waals surface area contributed by atoms with Gasteiger partial charge in [-0.3, -0.25) is 14.4 Å². The Morgan fingerprint density at radius 3 is 2.32 bits per heavy atom. The van der Waals surface area contributed by atoms with Gasteiger partial charge >= 0.3 is 11.2 Å². The van der Waals surface area contributed by atoms with Crippen molar-refractivity contribution >= 4 is 81.3 Å². The Bertz CT molecular complexity index is 1180. The van der Waals surface area contributed by atoms with Crippen LogP contribution in [-0.2, 0) is 9.59 Å². The van der Waals surface area contributed by atoms with E-state index in [1.165, 1.54) is 23.5 Å². The van der Waals surface area contributed by atoms with Gasteiger partial charge in [-0.15, -0.1) is 23.2 Å². The Labute approximate surface area is 209 Å². The van der Waals surface area contributed by atoms with E-state index in [4.69, 9.17) is 34.8 Å². The van der Waals surface area contributed by atoms with E-state index in [0.29, 0.717) is 6.07 Å². The first-order valence-corrected chi connectivity index (χ1v) is 11.6. The van der Waals surface area contributed by atoms with E-state index in [1.807, 2.05) is 0 Å². The maximum Gasteiger partial charge on any atom is 0.370 e. The average Bonchev–Trinajstić information content (AvgIpc) is 3.42. The van der Waals surface area contributed by atoms with Crippen LogP contribution in [0.1, 0.15) is 16.8 Å². The van der Waals surface area contributed by atoms with Gasteiger partial charge in [-0.05, 0) is 43.0 Å². The number of amides is 3. The predicted octanol–water partition coefficient (Wildman–Crippen LogP) is 5.90. The standard InChI is InChI=1S/C20H14Cl3F4N3O3S/c1-34-20(26,27)18(33)30-15-12(24)4-5-13(14(15)25)29-16(31)9-6-8(2-3-11(9)21)28-17(32)10-7-19(10,22)23/h2-6,10H,7H2,1H3,(H,28,32)(H,29,31)(H,30,33). The maximum absolute atomic E-state index is 14.7. The highest BCUT2D eigenvalue weighted by atomic mass is 35.5. The number of hydrogen-bond acceptors (Lipinski definition) is 4. The van der Waals surface area contributed by atoms with Crippen molar-refractivity contribution < 1.29 is 31.9 Å². The molecule has 0 bridgehead atoms. The summed E-state index contributed by atoms with van der Waals surface area (Å²) in [4.78, 5) is 36.4. The van der Waals surface area contributed by atoms with Crippen molar-refractivity contribution in [1.82, 2.24) is 0 Å². The molecule has 34 heavy (non-hydrogen) atoms. The molecule has 0 aromatic heterocycles. The fourth-order valence-corrected chi connectivity index (χ4v) is 3.68. The monoisotopic (exact) mass is 557 g/mol. The number of thioether (sulfide) groups is 1. The normalized spacial score (nSPS) is 16.5. The molecule has 0 aliphatic heterocycles. The quantitative estimate of drug-likeness (QED) is 0.292. The molecule has 182 valence electrons. The van der Waals surface area contributed by atoms with E-state index < -0.39 is 56.2 Å². The molecule has 3 rings (SSSR count). The fourth-order valence-electron chi connectivity index (χ4n) is 2.74. The van der Waals surface area contributed by atoms with Gasteiger partial charge in [-0.25, -0.2) is 8.78 Å².